The summed E-state index contributed by atoms with van der Waals surface area (Å²) < 4.78 is 0. The Morgan fingerprint density at radius 1 is 1.11 bits per heavy atom. The molecule has 0 aliphatic carbocycles. The molecule has 0 heterocycles. The van der Waals surface area contributed by atoms with Gasteiger partial charge in [0.25, 0.3) is 0 Å². The fourth-order valence-corrected chi connectivity index (χ4v) is 0. The molecule has 0 aromatic carbocycles. The third kappa shape index (κ3) is 200. The Bertz CT molecular complexity index is 39.9. The van der Waals surface area contributed by atoms with Gasteiger partial charge in [0.05, 0.1) is 0 Å². The molecule has 0 fully saturated rings. The first kappa shape index (κ1) is 45.6. The predicted molar refractivity (Wildman–Crippen MR) is 18.3 cm³/mol. The van der Waals surface area contributed by atoms with E-state index in [0.29, 0.717) is 0 Å². The van der Waals surface area contributed by atoms with Gasteiger partial charge in [-0.3, -0.25) is 0 Å². The predicted octanol–water partition coefficient (Wildman–Crippen LogP) is -3.45. The number of hydrogen-bond donors (Lipinski definition) is 0. The molecule has 0 radical (unpaired) electrons. The van der Waals surface area contributed by atoms with Crippen molar-refractivity contribution in [2.75, 3.05) is 0 Å². The normalized spacial score (nSPS) is 2.67. The van der Waals surface area contributed by atoms with E-state index >= 15 is 0 Å². The summed E-state index contributed by atoms with van der Waals surface area (Å²) >= 11 is 0. The second-order valence-corrected chi connectivity index (χ2v) is 0.250. The zero-order valence-corrected chi connectivity index (χ0v) is 9.25. The van der Waals surface area contributed by atoms with E-state index < -0.39 is 6.16 Å². The minimum Gasteiger partial charge on any atom is -2.00 e. The van der Waals surface area contributed by atoms with Crippen molar-refractivity contribution in [3.05, 3.63) is 0 Å². The molecular formula is CAlCaO5Ti+3. The van der Waals surface area contributed by atoms with Gasteiger partial charge in [0, 0.05) is 0 Å². The second-order valence-electron chi connectivity index (χ2n) is 0.250. The van der Waals surface area contributed by atoms with Gasteiger partial charge in [-0.25, -0.2) is 0 Å². The van der Waals surface area contributed by atoms with Crippen LogP contribution in [0, 0.1) is 0 Å². The van der Waals surface area contributed by atoms with Crippen molar-refractivity contribution in [2.24, 2.45) is 0 Å². The Morgan fingerprint density at radius 3 is 1.11 bits per heavy atom. The summed E-state index contributed by atoms with van der Waals surface area (Å²) in [5.41, 5.74) is 0. The van der Waals surface area contributed by atoms with Gasteiger partial charge in [0.15, 0.2) is 0 Å². The molecule has 0 spiro atoms. The van der Waals surface area contributed by atoms with E-state index in [4.69, 9.17) is 15.0 Å². The summed E-state index contributed by atoms with van der Waals surface area (Å²) in [6.07, 6.45) is -2.33. The van der Waals surface area contributed by atoms with E-state index in [0.717, 1.165) is 0 Å². The van der Waals surface area contributed by atoms with E-state index in [2.05, 4.69) is 0 Å². The van der Waals surface area contributed by atoms with E-state index in [1.807, 2.05) is 0 Å². The van der Waals surface area contributed by atoms with Crippen LogP contribution in [0.25, 0.3) is 0 Å². The van der Waals surface area contributed by atoms with Crippen molar-refractivity contribution in [2.45, 2.75) is 0 Å². The zero-order chi connectivity index (χ0) is 3.58. The summed E-state index contributed by atoms with van der Waals surface area (Å²) in [5.74, 6) is 0. The van der Waals surface area contributed by atoms with E-state index in [-0.39, 0.29) is 87.8 Å². The third-order valence-corrected chi connectivity index (χ3v) is 0. The van der Waals surface area contributed by atoms with Crippen LogP contribution < -0.4 is 10.2 Å². The van der Waals surface area contributed by atoms with Crippen molar-refractivity contribution < 1.29 is 47.7 Å². The largest absolute Gasteiger partial charge is 4.00 e. The molecule has 0 amide bonds. The van der Waals surface area contributed by atoms with E-state index in [1.165, 1.54) is 0 Å². The van der Waals surface area contributed by atoms with Crippen LogP contribution in [0.3, 0.4) is 0 Å². The van der Waals surface area contributed by atoms with Crippen LogP contribution in [0.2, 0.25) is 0 Å². The van der Waals surface area contributed by atoms with Gasteiger partial charge < -0.3 is 26.0 Å². The van der Waals surface area contributed by atoms with Crippen LogP contribution in [0.1, 0.15) is 0 Å². The van der Waals surface area contributed by atoms with Crippen LogP contribution in [0.4, 0.5) is 4.79 Å². The van der Waals surface area contributed by atoms with Gasteiger partial charge in [-0.2, -0.15) is 0 Å². The molecule has 9 heavy (non-hydrogen) atoms. The van der Waals surface area contributed by atoms with Crippen molar-refractivity contribution in [1.82, 2.24) is 0 Å². The van der Waals surface area contributed by atoms with E-state index in [1.54, 1.807) is 0 Å². The van der Waals surface area contributed by atoms with Crippen molar-refractivity contribution in [1.29, 1.82) is 0 Å². The van der Waals surface area contributed by atoms with Crippen LogP contribution in [0.5, 0.6) is 0 Å². The fraction of sp³-hybridized carbons (Fsp3) is 0. The molecule has 0 rings (SSSR count). The summed E-state index contributed by atoms with van der Waals surface area (Å²) in [5, 5.41) is 16.7. The Morgan fingerprint density at radius 2 is 1.11 bits per heavy atom. The summed E-state index contributed by atoms with van der Waals surface area (Å²) in [7, 11) is 0. The number of rotatable bonds is 0. The monoisotopic (exact) mass is 207 g/mol. The third-order valence-electron chi connectivity index (χ3n) is 0. The van der Waals surface area contributed by atoms with Crippen molar-refractivity contribution >= 4 is 61.3 Å². The van der Waals surface area contributed by atoms with Gasteiger partial charge in [0.1, 0.15) is 0 Å². The van der Waals surface area contributed by atoms with Gasteiger partial charge >= 0.3 is 76.8 Å². The van der Waals surface area contributed by atoms with Gasteiger partial charge in [-0.15, -0.1) is 0 Å². The average Bonchev–Trinajstić information content (AvgIpc) is 0.811. The minimum absolute atomic E-state index is 0. The number of carbonyl (C=O) groups is 1. The quantitative estimate of drug-likeness (QED) is 0.384. The van der Waals surface area contributed by atoms with Crippen LogP contribution in [-0.4, -0.2) is 61.3 Å². The maximum absolute atomic E-state index is 8.33. The molecular weight excluding hydrogens is 207 g/mol. The van der Waals surface area contributed by atoms with Crippen molar-refractivity contribution in [3.63, 3.8) is 0 Å². The molecule has 0 saturated carbocycles. The molecule has 0 unspecified atom stereocenters. The smallest absolute Gasteiger partial charge is 2.00 e. The molecule has 0 aromatic rings. The molecule has 0 aliphatic rings. The minimum atomic E-state index is -2.33. The number of carboxylic acid groups (broad SMARTS) is 2. The SMILES string of the molecule is O=C([O-])[O-].[Al+3].[Ca+2].[O-2].[O-2].[Ti+4]. The molecule has 0 aliphatic heterocycles. The number of carbonyl (C=O) groups excluding carboxylic acids is 1. The summed E-state index contributed by atoms with van der Waals surface area (Å²) in [4.78, 5) is 8.33. The van der Waals surface area contributed by atoms with E-state index in [9.17, 15) is 0 Å². The molecule has 0 atom stereocenters. The standard InChI is InChI=1S/CH2O3.Al.Ca.2O.Ti/c2-1(3)4;;;;;/h(H2,2,3,4);;;;;/q;+3;+2;2*-2;+4/p-2. The molecule has 0 bridgehead atoms. The van der Waals surface area contributed by atoms with Gasteiger partial charge in [0.2, 0.25) is 0 Å². The van der Waals surface area contributed by atoms with Crippen LogP contribution in [-0.2, 0) is 32.7 Å². The van der Waals surface area contributed by atoms with Gasteiger partial charge in [-0.1, -0.05) is 0 Å². The Hall–Kier alpha value is 1.70. The summed E-state index contributed by atoms with van der Waals surface area (Å²) in [6, 6.07) is 0. The number of hydrogen-bond acceptors (Lipinski definition) is 3. The Labute approximate surface area is 107 Å². The average molecular weight is 207 g/mol. The second kappa shape index (κ2) is 33.2. The summed E-state index contributed by atoms with van der Waals surface area (Å²) in [6.45, 7) is 0. The molecule has 5 nitrogen and oxygen atoms in total. The first-order valence-electron chi connectivity index (χ1n) is 0.612. The molecule has 0 aromatic heterocycles. The Balaban J connectivity index is -0.00000000450. The molecule has 40 valence electrons. The first-order chi connectivity index (χ1) is 1.73. The molecule has 0 saturated heterocycles. The zero-order valence-electron chi connectivity index (χ0n) is 4.33. The fourth-order valence-electron chi connectivity index (χ4n) is 0. The van der Waals surface area contributed by atoms with Crippen molar-refractivity contribution in [3.8, 4) is 0 Å². The topological polar surface area (TPSA) is 120 Å². The van der Waals surface area contributed by atoms with Crippen LogP contribution >= 0.6 is 0 Å². The molecule has 0 N–H and O–H groups in total. The molecule has 8 heteroatoms. The van der Waals surface area contributed by atoms with Gasteiger partial charge in [-0.05, 0) is 6.16 Å². The maximum atomic E-state index is 8.33. The Kier molecular flexibility index (Phi) is 168. The van der Waals surface area contributed by atoms with Crippen LogP contribution in [0.15, 0.2) is 0 Å². The first-order valence-corrected chi connectivity index (χ1v) is 0.612. The maximum Gasteiger partial charge on any atom is 4.00 e.